The maximum absolute atomic E-state index is 12.6. The molecule has 3 N–H and O–H groups in total. The minimum Gasteiger partial charge on any atom is -0.381 e. The molecule has 144 valence electrons. The number of nitrogens with one attached hydrogen (secondary N) is 1. The highest BCUT2D eigenvalue weighted by molar-refractivity contribution is 5.94. The summed E-state index contributed by atoms with van der Waals surface area (Å²) < 4.78 is 7.17. The second-order valence-electron chi connectivity index (χ2n) is 6.12. The van der Waals surface area contributed by atoms with Crippen LogP contribution < -0.4 is 11.1 Å². The number of halogens is 2. The molecule has 1 saturated heterocycles. The highest BCUT2D eigenvalue weighted by Gasteiger charge is 2.39. The van der Waals surface area contributed by atoms with E-state index in [0.29, 0.717) is 38.4 Å². The number of hydrogen-bond donors (Lipinski definition) is 2. The van der Waals surface area contributed by atoms with E-state index in [1.54, 1.807) is 12.4 Å². The molecule has 7 nitrogen and oxygen atoms in total. The molecule has 1 aliphatic heterocycles. The van der Waals surface area contributed by atoms with Crippen LogP contribution in [-0.4, -0.2) is 40.4 Å². The van der Waals surface area contributed by atoms with Crippen molar-refractivity contribution in [1.82, 2.24) is 14.8 Å². The van der Waals surface area contributed by atoms with E-state index in [2.05, 4.69) is 15.4 Å². The SMILES string of the molecule is Cl.Cl.NCC1(C(=O)Nc2ccn(CCc3ccncc3)n2)CCOCC1. The van der Waals surface area contributed by atoms with Crippen molar-refractivity contribution in [1.29, 1.82) is 0 Å². The summed E-state index contributed by atoms with van der Waals surface area (Å²) in [6.45, 7) is 2.22. The molecule has 1 fully saturated rings. The van der Waals surface area contributed by atoms with Gasteiger partial charge in [-0.05, 0) is 37.0 Å². The highest BCUT2D eigenvalue weighted by Crippen LogP contribution is 2.30. The minimum absolute atomic E-state index is 0. The lowest BCUT2D eigenvalue weighted by molar-refractivity contribution is -0.130. The summed E-state index contributed by atoms with van der Waals surface area (Å²) in [5.74, 6) is 0.502. The van der Waals surface area contributed by atoms with Crippen LogP contribution in [0.5, 0.6) is 0 Å². The molecule has 0 aliphatic carbocycles. The van der Waals surface area contributed by atoms with Gasteiger partial charge in [0.2, 0.25) is 5.91 Å². The Morgan fingerprint density at radius 1 is 1.23 bits per heavy atom. The normalized spacial score (nSPS) is 15.4. The Balaban J connectivity index is 0.00000169. The number of nitrogens with two attached hydrogens (primary N) is 1. The molecular formula is C17H25Cl2N5O2. The largest absolute Gasteiger partial charge is 0.381 e. The van der Waals surface area contributed by atoms with Gasteiger partial charge >= 0.3 is 0 Å². The third-order valence-corrected chi connectivity index (χ3v) is 4.58. The van der Waals surface area contributed by atoms with Crippen LogP contribution in [0.15, 0.2) is 36.8 Å². The maximum Gasteiger partial charge on any atom is 0.233 e. The summed E-state index contributed by atoms with van der Waals surface area (Å²) in [7, 11) is 0. The summed E-state index contributed by atoms with van der Waals surface area (Å²) in [6, 6.07) is 5.79. The number of hydrogen-bond acceptors (Lipinski definition) is 5. The first kappa shape index (κ1) is 22.4. The maximum atomic E-state index is 12.6. The number of amides is 1. The third-order valence-electron chi connectivity index (χ3n) is 4.58. The molecule has 0 saturated carbocycles. The molecule has 26 heavy (non-hydrogen) atoms. The first-order chi connectivity index (χ1) is 11.7. The number of nitrogens with zero attached hydrogens (tertiary/aromatic N) is 3. The van der Waals surface area contributed by atoms with Crippen LogP contribution in [0.25, 0.3) is 0 Å². The number of carbonyl (C=O) groups is 1. The molecular weight excluding hydrogens is 377 g/mol. The van der Waals surface area contributed by atoms with Crippen LogP contribution in [0.3, 0.4) is 0 Å². The van der Waals surface area contributed by atoms with Gasteiger partial charge in [-0.3, -0.25) is 14.5 Å². The molecule has 0 aromatic carbocycles. The van der Waals surface area contributed by atoms with Crippen molar-refractivity contribution in [2.75, 3.05) is 25.1 Å². The summed E-state index contributed by atoms with van der Waals surface area (Å²) >= 11 is 0. The first-order valence-corrected chi connectivity index (χ1v) is 8.23. The highest BCUT2D eigenvalue weighted by atomic mass is 35.5. The standard InChI is InChI=1S/C17H23N5O2.2ClH/c18-13-17(5-11-24-12-6-17)16(23)20-15-4-10-22(21-15)9-3-14-1-7-19-8-2-14;;/h1-2,4,7-8,10H,3,5-6,9,11-13,18H2,(H,20,21,23);2*1H. The van der Waals surface area contributed by atoms with E-state index in [9.17, 15) is 4.79 Å². The number of pyridine rings is 1. The summed E-state index contributed by atoms with van der Waals surface area (Å²) in [4.78, 5) is 16.6. The Bertz CT molecular complexity index is 675. The summed E-state index contributed by atoms with van der Waals surface area (Å²) in [5, 5.41) is 7.33. The Labute approximate surface area is 165 Å². The average Bonchev–Trinajstić information content (AvgIpc) is 3.09. The zero-order valence-corrected chi connectivity index (χ0v) is 16.1. The number of aromatic nitrogens is 3. The van der Waals surface area contributed by atoms with Crippen molar-refractivity contribution in [3.8, 4) is 0 Å². The molecule has 2 aromatic rings. The van der Waals surface area contributed by atoms with Gasteiger partial charge in [0.25, 0.3) is 0 Å². The van der Waals surface area contributed by atoms with Gasteiger partial charge in [-0.15, -0.1) is 24.8 Å². The predicted octanol–water partition coefficient (Wildman–Crippen LogP) is 2.06. The molecule has 0 bridgehead atoms. The van der Waals surface area contributed by atoms with Crippen molar-refractivity contribution in [2.45, 2.75) is 25.8 Å². The van der Waals surface area contributed by atoms with Gasteiger partial charge < -0.3 is 15.8 Å². The fourth-order valence-electron chi connectivity index (χ4n) is 2.88. The van der Waals surface area contributed by atoms with Gasteiger partial charge in [0, 0.05) is 51.0 Å². The minimum atomic E-state index is -0.543. The fraction of sp³-hybridized carbons (Fsp3) is 0.471. The Morgan fingerprint density at radius 2 is 1.92 bits per heavy atom. The first-order valence-electron chi connectivity index (χ1n) is 8.23. The van der Waals surface area contributed by atoms with E-state index in [1.165, 1.54) is 5.56 Å². The molecule has 9 heteroatoms. The van der Waals surface area contributed by atoms with E-state index in [1.807, 2.05) is 29.1 Å². The number of rotatable bonds is 6. The Kier molecular flexibility index (Phi) is 9.01. The number of ether oxygens (including phenoxy) is 1. The summed E-state index contributed by atoms with van der Waals surface area (Å²) in [5.41, 5.74) is 6.52. The smallest absolute Gasteiger partial charge is 0.233 e. The second kappa shape index (κ2) is 10.5. The van der Waals surface area contributed by atoms with Crippen molar-refractivity contribution in [3.05, 3.63) is 42.4 Å². The molecule has 3 rings (SSSR count). The van der Waals surface area contributed by atoms with Gasteiger partial charge in [0.15, 0.2) is 5.82 Å². The van der Waals surface area contributed by atoms with Crippen LogP contribution in [0.1, 0.15) is 18.4 Å². The van der Waals surface area contributed by atoms with Crippen molar-refractivity contribution in [2.24, 2.45) is 11.1 Å². The van der Waals surface area contributed by atoms with E-state index in [-0.39, 0.29) is 30.7 Å². The molecule has 1 aliphatic rings. The molecule has 0 unspecified atom stereocenters. The molecule has 0 spiro atoms. The van der Waals surface area contributed by atoms with Gasteiger partial charge in [0.05, 0.1) is 5.41 Å². The van der Waals surface area contributed by atoms with Crippen molar-refractivity contribution >= 4 is 36.5 Å². The average molecular weight is 402 g/mol. The lowest BCUT2D eigenvalue weighted by Crippen LogP contribution is -2.46. The topological polar surface area (TPSA) is 95.1 Å². The van der Waals surface area contributed by atoms with Gasteiger partial charge in [-0.2, -0.15) is 5.10 Å². The van der Waals surface area contributed by atoms with Crippen LogP contribution in [0, 0.1) is 5.41 Å². The number of anilines is 1. The zero-order valence-electron chi connectivity index (χ0n) is 14.5. The number of carbonyl (C=O) groups excluding carboxylic acids is 1. The summed E-state index contributed by atoms with van der Waals surface area (Å²) in [6.07, 6.45) is 7.60. The van der Waals surface area contributed by atoms with Crippen LogP contribution >= 0.6 is 24.8 Å². The quantitative estimate of drug-likeness (QED) is 0.771. The zero-order chi connectivity index (χ0) is 16.8. The van der Waals surface area contributed by atoms with Crippen molar-refractivity contribution in [3.63, 3.8) is 0 Å². The van der Waals surface area contributed by atoms with Gasteiger partial charge in [-0.1, -0.05) is 0 Å². The Morgan fingerprint density at radius 3 is 2.58 bits per heavy atom. The molecule has 1 amide bonds. The third kappa shape index (κ3) is 5.41. The fourth-order valence-corrected chi connectivity index (χ4v) is 2.88. The molecule has 0 radical (unpaired) electrons. The Hall–Kier alpha value is -1.67. The monoisotopic (exact) mass is 401 g/mol. The van der Waals surface area contributed by atoms with Crippen LogP contribution in [-0.2, 0) is 22.5 Å². The second-order valence-corrected chi connectivity index (χ2v) is 6.12. The molecule has 0 atom stereocenters. The van der Waals surface area contributed by atoms with E-state index < -0.39 is 5.41 Å². The molecule has 3 heterocycles. The van der Waals surface area contributed by atoms with E-state index in [4.69, 9.17) is 10.5 Å². The predicted molar refractivity (Wildman–Crippen MR) is 105 cm³/mol. The van der Waals surface area contributed by atoms with Gasteiger partial charge in [0.1, 0.15) is 0 Å². The van der Waals surface area contributed by atoms with Crippen LogP contribution in [0.4, 0.5) is 5.82 Å². The van der Waals surface area contributed by atoms with Gasteiger partial charge in [-0.25, -0.2) is 0 Å². The van der Waals surface area contributed by atoms with E-state index in [0.717, 1.165) is 13.0 Å². The lowest BCUT2D eigenvalue weighted by atomic mass is 9.79. The van der Waals surface area contributed by atoms with Crippen LogP contribution in [0.2, 0.25) is 0 Å². The van der Waals surface area contributed by atoms with E-state index >= 15 is 0 Å². The molecule has 2 aromatic heterocycles. The van der Waals surface area contributed by atoms with Crippen molar-refractivity contribution < 1.29 is 9.53 Å². The number of aryl methyl sites for hydroxylation is 2. The lowest BCUT2D eigenvalue weighted by Gasteiger charge is -2.34.